The van der Waals surface area contributed by atoms with E-state index in [1.165, 1.54) is 25.7 Å². The maximum atomic E-state index is 11.5. The normalized spacial score (nSPS) is 11.2. The molecule has 0 spiro atoms. The average Bonchev–Trinajstić information content (AvgIpc) is 2.23. The smallest absolute Gasteiger partial charge is 0.323 e. The minimum absolute atomic E-state index is 0.0145. The van der Waals surface area contributed by atoms with Crippen molar-refractivity contribution >= 4 is 17.8 Å². The Morgan fingerprint density at radius 2 is 1.67 bits per heavy atom. The van der Waals surface area contributed by atoms with Gasteiger partial charge in [0.05, 0.1) is 6.54 Å². The van der Waals surface area contributed by atoms with Gasteiger partial charge in [0.1, 0.15) is 5.54 Å². The lowest BCUT2D eigenvalue weighted by Gasteiger charge is -2.30. The number of amides is 2. The highest BCUT2D eigenvalue weighted by atomic mass is 16.4. The van der Waals surface area contributed by atoms with Crippen molar-refractivity contribution in [2.24, 2.45) is 0 Å². The van der Waals surface area contributed by atoms with E-state index in [1.54, 1.807) is 7.05 Å². The van der Waals surface area contributed by atoms with Gasteiger partial charge in [-0.15, -0.1) is 0 Å². The van der Waals surface area contributed by atoms with Crippen LogP contribution in [0.25, 0.3) is 0 Å². The molecule has 104 valence electrons. The lowest BCUT2D eigenvalue weighted by molar-refractivity contribution is -0.149. The van der Waals surface area contributed by atoms with Crippen molar-refractivity contribution in [3.63, 3.8) is 0 Å². The molecule has 0 aliphatic carbocycles. The van der Waals surface area contributed by atoms with Crippen molar-refractivity contribution in [2.75, 3.05) is 26.7 Å². The molecular formula is C11H21N3O4. The first-order chi connectivity index (χ1) is 8.17. The molecule has 0 heterocycles. The zero-order valence-corrected chi connectivity index (χ0v) is 11.2. The number of nitrogens with zero attached hydrogens (tertiary/aromatic N) is 1. The van der Waals surface area contributed by atoms with Crippen LogP contribution in [0, 0.1) is 0 Å². The molecule has 0 unspecified atom stereocenters. The van der Waals surface area contributed by atoms with E-state index in [0.717, 1.165) is 0 Å². The first-order valence-corrected chi connectivity index (χ1v) is 5.63. The predicted molar refractivity (Wildman–Crippen MR) is 66.0 cm³/mol. The van der Waals surface area contributed by atoms with E-state index in [9.17, 15) is 14.4 Å². The van der Waals surface area contributed by atoms with Crippen LogP contribution in [-0.4, -0.2) is 60.0 Å². The zero-order chi connectivity index (χ0) is 14.3. The van der Waals surface area contributed by atoms with Gasteiger partial charge >= 0.3 is 5.97 Å². The molecule has 0 aromatic rings. The summed E-state index contributed by atoms with van der Waals surface area (Å²) < 4.78 is 0. The van der Waals surface area contributed by atoms with Crippen LogP contribution in [0.4, 0.5) is 0 Å². The Labute approximate surface area is 107 Å². The number of hydrogen-bond acceptors (Lipinski definition) is 4. The first kappa shape index (κ1) is 16.4. The molecular weight excluding hydrogens is 238 g/mol. The van der Waals surface area contributed by atoms with Gasteiger partial charge in [-0.05, 0) is 20.9 Å². The maximum Gasteiger partial charge on any atom is 0.323 e. The van der Waals surface area contributed by atoms with Crippen molar-refractivity contribution in [1.29, 1.82) is 0 Å². The van der Waals surface area contributed by atoms with Crippen molar-refractivity contribution in [3.05, 3.63) is 0 Å². The van der Waals surface area contributed by atoms with E-state index in [1.807, 2.05) is 0 Å². The molecule has 18 heavy (non-hydrogen) atoms. The van der Waals surface area contributed by atoms with Crippen molar-refractivity contribution in [3.8, 4) is 0 Å². The summed E-state index contributed by atoms with van der Waals surface area (Å²) in [4.78, 5) is 34.5. The van der Waals surface area contributed by atoms with E-state index in [-0.39, 0.29) is 18.4 Å². The number of aliphatic carboxylic acids is 1. The Balaban J connectivity index is 4.02. The molecule has 7 nitrogen and oxygen atoms in total. The summed E-state index contributed by atoms with van der Waals surface area (Å²) in [5.41, 5.74) is -1.10. The van der Waals surface area contributed by atoms with Crippen LogP contribution in [0.5, 0.6) is 0 Å². The van der Waals surface area contributed by atoms with Gasteiger partial charge in [-0.25, -0.2) is 0 Å². The second kappa shape index (κ2) is 6.95. The standard InChI is InChI=1S/C11H21N3O4/c1-8(15)12-5-6-13-9(16)7-14(4)11(2,3)10(17)18/h5-7H2,1-4H3,(H,12,15)(H,13,16)(H,17,18). The zero-order valence-electron chi connectivity index (χ0n) is 11.2. The summed E-state index contributed by atoms with van der Waals surface area (Å²) in [7, 11) is 1.57. The number of hydrogen-bond donors (Lipinski definition) is 3. The second-order valence-corrected chi connectivity index (χ2v) is 4.55. The van der Waals surface area contributed by atoms with Crippen LogP contribution in [0.2, 0.25) is 0 Å². The van der Waals surface area contributed by atoms with Gasteiger partial charge in [0.15, 0.2) is 0 Å². The van der Waals surface area contributed by atoms with Crippen LogP contribution in [-0.2, 0) is 14.4 Å². The maximum absolute atomic E-state index is 11.5. The molecule has 0 atom stereocenters. The fraction of sp³-hybridized carbons (Fsp3) is 0.727. The fourth-order valence-electron chi connectivity index (χ4n) is 1.07. The third-order valence-electron chi connectivity index (χ3n) is 2.68. The topological polar surface area (TPSA) is 98.7 Å². The Hall–Kier alpha value is -1.63. The van der Waals surface area contributed by atoms with Gasteiger partial charge in [0, 0.05) is 20.0 Å². The minimum atomic E-state index is -1.10. The average molecular weight is 259 g/mol. The second-order valence-electron chi connectivity index (χ2n) is 4.55. The number of rotatable bonds is 7. The molecule has 7 heteroatoms. The van der Waals surface area contributed by atoms with Crippen LogP contribution in [0.1, 0.15) is 20.8 Å². The molecule has 0 saturated carbocycles. The molecule has 0 aliphatic heterocycles. The molecule has 0 aromatic carbocycles. The van der Waals surface area contributed by atoms with E-state index in [2.05, 4.69) is 10.6 Å². The summed E-state index contributed by atoms with van der Waals surface area (Å²) in [6.07, 6.45) is 0. The van der Waals surface area contributed by atoms with Gasteiger partial charge in [0.2, 0.25) is 11.8 Å². The molecule has 3 N–H and O–H groups in total. The molecule has 0 radical (unpaired) electrons. The van der Waals surface area contributed by atoms with Gasteiger partial charge in [0.25, 0.3) is 0 Å². The largest absolute Gasteiger partial charge is 0.480 e. The highest BCUT2D eigenvalue weighted by Crippen LogP contribution is 2.11. The highest BCUT2D eigenvalue weighted by molar-refractivity contribution is 5.81. The Bertz CT molecular complexity index is 328. The van der Waals surface area contributed by atoms with Crippen molar-refractivity contribution < 1.29 is 19.5 Å². The third kappa shape index (κ3) is 5.62. The molecule has 0 aliphatic rings. The molecule has 0 fully saturated rings. The molecule has 0 saturated heterocycles. The highest BCUT2D eigenvalue weighted by Gasteiger charge is 2.32. The number of carboxylic acid groups (broad SMARTS) is 1. The number of carboxylic acids is 1. The van der Waals surface area contributed by atoms with Crippen LogP contribution >= 0.6 is 0 Å². The van der Waals surface area contributed by atoms with Gasteiger partial charge < -0.3 is 15.7 Å². The number of carbonyl (C=O) groups excluding carboxylic acids is 2. The molecule has 0 rings (SSSR count). The van der Waals surface area contributed by atoms with Crippen LogP contribution in [0.15, 0.2) is 0 Å². The fourth-order valence-corrected chi connectivity index (χ4v) is 1.07. The van der Waals surface area contributed by atoms with E-state index < -0.39 is 11.5 Å². The summed E-state index contributed by atoms with van der Waals surface area (Å²) in [5.74, 6) is -1.43. The summed E-state index contributed by atoms with van der Waals surface area (Å²) in [6, 6.07) is 0. The number of likely N-dealkylation sites (N-methyl/N-ethyl adjacent to an activating group) is 1. The third-order valence-corrected chi connectivity index (χ3v) is 2.68. The molecule has 2 amide bonds. The lowest BCUT2D eigenvalue weighted by Crippen LogP contribution is -2.51. The van der Waals surface area contributed by atoms with E-state index in [0.29, 0.717) is 13.1 Å². The van der Waals surface area contributed by atoms with Crippen molar-refractivity contribution in [2.45, 2.75) is 26.3 Å². The Morgan fingerprint density at radius 3 is 2.11 bits per heavy atom. The number of carbonyl (C=O) groups is 3. The van der Waals surface area contributed by atoms with E-state index >= 15 is 0 Å². The van der Waals surface area contributed by atoms with Crippen LogP contribution < -0.4 is 10.6 Å². The lowest BCUT2D eigenvalue weighted by atomic mass is 10.0. The Kier molecular flexibility index (Phi) is 6.32. The minimum Gasteiger partial charge on any atom is -0.480 e. The SMILES string of the molecule is CC(=O)NCCNC(=O)CN(C)C(C)(C)C(=O)O. The van der Waals surface area contributed by atoms with E-state index in [4.69, 9.17) is 5.11 Å². The summed E-state index contributed by atoms with van der Waals surface area (Å²) >= 11 is 0. The van der Waals surface area contributed by atoms with Crippen molar-refractivity contribution in [1.82, 2.24) is 15.5 Å². The van der Waals surface area contributed by atoms with Gasteiger partial charge in [-0.3, -0.25) is 19.3 Å². The van der Waals surface area contributed by atoms with Gasteiger partial charge in [-0.1, -0.05) is 0 Å². The Morgan fingerprint density at radius 1 is 1.17 bits per heavy atom. The molecule has 0 aromatic heterocycles. The predicted octanol–water partition coefficient (Wildman–Crippen LogP) is -0.966. The summed E-state index contributed by atoms with van der Waals surface area (Å²) in [6.45, 7) is 5.11. The monoisotopic (exact) mass is 259 g/mol. The van der Waals surface area contributed by atoms with Crippen LogP contribution in [0.3, 0.4) is 0 Å². The quantitative estimate of drug-likeness (QED) is 0.511. The molecule has 0 bridgehead atoms. The number of nitrogens with one attached hydrogen (secondary N) is 2. The van der Waals surface area contributed by atoms with Gasteiger partial charge in [-0.2, -0.15) is 0 Å². The summed E-state index contributed by atoms with van der Waals surface area (Å²) in [5, 5.41) is 14.1. The first-order valence-electron chi connectivity index (χ1n) is 5.63.